The summed E-state index contributed by atoms with van der Waals surface area (Å²) < 4.78 is 187. The van der Waals surface area contributed by atoms with Crippen LogP contribution in [0.1, 0.15) is 27.4 Å². The van der Waals surface area contributed by atoms with Gasteiger partial charge in [-0.3, -0.25) is 9.13 Å². The van der Waals surface area contributed by atoms with Crippen LogP contribution >= 0.6 is 0 Å². The van der Waals surface area contributed by atoms with E-state index in [1.54, 1.807) is 24.3 Å². The Bertz CT molecular complexity index is 4990. The van der Waals surface area contributed by atoms with Crippen molar-refractivity contribution in [3.05, 3.63) is 212 Å². The standard InChI is InChI=1S/C57H35N5O/c1-2-12-36(13-3-1)41-30-32-46-45-16-6-10-20-51(45)62(52(46)34-41)57-59-55(58-56(60-57)61-49-18-8-4-14-43(49)44-15-5-9-19-50(44)61)40-28-26-38(27-29-40)37-22-24-39(25-23-37)42-31-33-48-47-17-7-11-21-53(47)63-54(48)35-42/h1-35H/i1D,2D,3D,4D,5D,6D,8D,9D,10D,12D,13D,14D,15D,16D,18D,19D,20D,30D,32D,34D. The van der Waals surface area contributed by atoms with Crippen LogP contribution in [0.5, 0.6) is 0 Å². The van der Waals surface area contributed by atoms with Crippen molar-refractivity contribution < 1.29 is 31.8 Å². The first-order valence-corrected chi connectivity index (χ1v) is 19.5. The summed E-state index contributed by atoms with van der Waals surface area (Å²) in [6, 6.07) is 13.3. The van der Waals surface area contributed by atoms with E-state index in [4.69, 9.17) is 37.2 Å². The molecule has 0 saturated heterocycles. The van der Waals surface area contributed by atoms with Crippen molar-refractivity contribution in [2.75, 3.05) is 0 Å². The molecule has 4 heterocycles. The molecule has 9 aromatic carbocycles. The van der Waals surface area contributed by atoms with Gasteiger partial charge in [-0.2, -0.15) is 15.0 Å². The molecule has 0 aliphatic rings. The lowest BCUT2D eigenvalue weighted by atomic mass is 9.99. The number of fused-ring (bicyclic) bond motifs is 9. The number of hydrogen-bond donors (Lipinski definition) is 0. The molecule has 294 valence electrons. The first-order chi connectivity index (χ1) is 39.5. The van der Waals surface area contributed by atoms with Crippen LogP contribution in [0.25, 0.3) is 122 Å². The Balaban J connectivity index is 1.10. The molecule has 0 unspecified atom stereocenters. The van der Waals surface area contributed by atoms with Crippen LogP contribution in [0.2, 0.25) is 0 Å². The summed E-state index contributed by atoms with van der Waals surface area (Å²) in [5.41, 5.74) is 2.13. The van der Waals surface area contributed by atoms with Crippen molar-refractivity contribution in [2.45, 2.75) is 0 Å². The van der Waals surface area contributed by atoms with Gasteiger partial charge >= 0.3 is 0 Å². The number of nitrogens with zero attached hydrogens (tertiary/aromatic N) is 5. The molecule has 6 nitrogen and oxygen atoms in total. The van der Waals surface area contributed by atoms with Gasteiger partial charge in [-0.15, -0.1) is 0 Å². The van der Waals surface area contributed by atoms with E-state index in [2.05, 4.69) is 0 Å². The fourth-order valence-corrected chi connectivity index (χ4v) is 8.09. The van der Waals surface area contributed by atoms with Crippen LogP contribution in [0.15, 0.2) is 216 Å². The molecule has 13 aromatic rings. The zero-order valence-electron chi connectivity index (χ0n) is 52.3. The lowest BCUT2D eigenvalue weighted by Gasteiger charge is -2.13. The normalized spacial score (nSPS) is 16.3. The summed E-state index contributed by atoms with van der Waals surface area (Å²) in [5.74, 6) is -1.39. The zero-order chi connectivity index (χ0) is 58.8. The lowest BCUT2D eigenvalue weighted by Crippen LogP contribution is -2.10. The maximum Gasteiger partial charge on any atom is 0.240 e. The molecule has 0 bridgehead atoms. The maximum absolute atomic E-state index is 9.89. The highest BCUT2D eigenvalue weighted by Crippen LogP contribution is 2.37. The largest absolute Gasteiger partial charge is 0.456 e. The smallest absolute Gasteiger partial charge is 0.240 e. The third kappa shape index (κ3) is 5.69. The average molecular weight is 826 g/mol. The topological polar surface area (TPSA) is 61.7 Å². The minimum Gasteiger partial charge on any atom is -0.456 e. The van der Waals surface area contributed by atoms with Crippen LogP contribution in [-0.2, 0) is 0 Å². The van der Waals surface area contributed by atoms with E-state index in [1.807, 2.05) is 66.7 Å². The lowest BCUT2D eigenvalue weighted by molar-refractivity contribution is 0.669. The highest BCUT2D eigenvalue weighted by atomic mass is 16.3. The molecule has 0 radical (unpaired) electrons. The second-order valence-corrected chi connectivity index (χ2v) is 14.5. The summed E-state index contributed by atoms with van der Waals surface area (Å²) in [7, 11) is 0. The quantitative estimate of drug-likeness (QED) is 0.168. The van der Waals surface area contributed by atoms with Crippen LogP contribution in [-0.4, -0.2) is 24.1 Å². The van der Waals surface area contributed by atoms with Crippen molar-refractivity contribution in [1.82, 2.24) is 24.1 Å². The van der Waals surface area contributed by atoms with Gasteiger partial charge in [0.2, 0.25) is 11.9 Å². The summed E-state index contributed by atoms with van der Waals surface area (Å²) in [6.07, 6.45) is 0. The Labute approximate surface area is 389 Å². The Kier molecular flexibility index (Phi) is 4.61. The maximum atomic E-state index is 9.89. The average Bonchev–Trinajstić information content (AvgIpc) is 2.23. The molecule has 0 atom stereocenters. The van der Waals surface area contributed by atoms with Gasteiger partial charge in [0.1, 0.15) is 11.2 Å². The van der Waals surface area contributed by atoms with Crippen LogP contribution in [0, 0.1) is 0 Å². The van der Waals surface area contributed by atoms with Gasteiger partial charge in [0.05, 0.1) is 49.5 Å². The summed E-state index contributed by atoms with van der Waals surface area (Å²) >= 11 is 0. The van der Waals surface area contributed by atoms with Crippen molar-refractivity contribution in [1.29, 1.82) is 0 Å². The van der Waals surface area contributed by atoms with Crippen LogP contribution < -0.4 is 0 Å². The molecule has 0 aliphatic carbocycles. The zero-order valence-corrected chi connectivity index (χ0v) is 32.3. The van der Waals surface area contributed by atoms with E-state index in [9.17, 15) is 9.60 Å². The summed E-state index contributed by atoms with van der Waals surface area (Å²) in [6.45, 7) is 0. The summed E-state index contributed by atoms with van der Waals surface area (Å²) in [5, 5.41) is 0.555. The number of para-hydroxylation sites is 4. The predicted molar refractivity (Wildman–Crippen MR) is 258 cm³/mol. The first-order valence-electron chi connectivity index (χ1n) is 29.5. The van der Waals surface area contributed by atoms with Crippen molar-refractivity contribution in [2.24, 2.45) is 0 Å². The number of aromatic nitrogens is 5. The molecule has 0 saturated carbocycles. The highest BCUT2D eigenvalue weighted by molar-refractivity contribution is 6.11. The van der Waals surface area contributed by atoms with E-state index in [0.717, 1.165) is 53.3 Å². The van der Waals surface area contributed by atoms with Crippen LogP contribution in [0.3, 0.4) is 0 Å². The molecule has 0 amide bonds. The third-order valence-corrected chi connectivity index (χ3v) is 11.0. The number of benzene rings is 9. The minimum absolute atomic E-state index is 0.235. The van der Waals surface area contributed by atoms with Crippen molar-refractivity contribution >= 4 is 65.6 Å². The van der Waals surface area contributed by atoms with Gasteiger partial charge in [-0.05, 0) is 75.7 Å². The Morgan fingerprint density at radius 1 is 0.349 bits per heavy atom. The van der Waals surface area contributed by atoms with Gasteiger partial charge in [-0.25, -0.2) is 0 Å². The SMILES string of the molecule is [2H]c1c([2H])c([2H])c(-c2c([2H])c([2H])c3c4c([2H])c([2H])c([2H])c([2H])c4n(-c4nc(-c5ccc(-c6ccc(-c7ccc8c(c7)oc7ccccc78)cc6)cc5)nc(-n5c6c([2H])c([2H])c([2H])c([2H])c6c6c([2H])c([2H])c([2H])c([2H])c65)n4)c3c2[2H])c([2H])c1[2H]. The second kappa shape index (κ2) is 14.0. The summed E-state index contributed by atoms with van der Waals surface area (Å²) in [4.78, 5) is 14.5. The van der Waals surface area contributed by atoms with Gasteiger partial charge in [-0.1, -0.05) is 169 Å². The van der Waals surface area contributed by atoms with E-state index >= 15 is 0 Å². The van der Waals surface area contributed by atoms with E-state index in [1.165, 1.54) is 0 Å². The molecule has 4 aromatic heterocycles. The van der Waals surface area contributed by atoms with Crippen molar-refractivity contribution in [3.63, 3.8) is 0 Å². The van der Waals surface area contributed by atoms with Gasteiger partial charge in [0.25, 0.3) is 0 Å². The van der Waals surface area contributed by atoms with E-state index < -0.39 is 171 Å². The fraction of sp³-hybridized carbons (Fsp3) is 0. The molecule has 0 N–H and O–H groups in total. The Morgan fingerprint density at radius 2 is 0.841 bits per heavy atom. The molecule has 63 heavy (non-hydrogen) atoms. The molecule has 0 fully saturated rings. The molecule has 6 heteroatoms. The molecule has 13 rings (SSSR count). The van der Waals surface area contributed by atoms with Gasteiger partial charge in [0.15, 0.2) is 5.82 Å². The Hall–Kier alpha value is -8.61. The number of rotatable bonds is 6. The van der Waals surface area contributed by atoms with Crippen LogP contribution in [0.4, 0.5) is 0 Å². The van der Waals surface area contributed by atoms with E-state index in [-0.39, 0.29) is 27.5 Å². The highest BCUT2D eigenvalue weighted by Gasteiger charge is 2.21. The Morgan fingerprint density at radius 3 is 1.48 bits per heavy atom. The molecule has 0 spiro atoms. The minimum atomic E-state index is -0.825. The van der Waals surface area contributed by atoms with E-state index in [0.29, 0.717) is 0 Å². The predicted octanol–water partition coefficient (Wildman–Crippen LogP) is 14.6. The van der Waals surface area contributed by atoms with Gasteiger partial charge in [0, 0.05) is 37.9 Å². The second-order valence-electron chi connectivity index (χ2n) is 14.5. The fourth-order valence-electron chi connectivity index (χ4n) is 8.09. The monoisotopic (exact) mass is 825 g/mol. The number of hydrogen-bond acceptors (Lipinski definition) is 4. The molecule has 0 aliphatic heterocycles. The third-order valence-electron chi connectivity index (χ3n) is 11.0. The number of furan rings is 1. The molecular formula is C57H35N5O. The molecular weight excluding hydrogens is 771 g/mol. The van der Waals surface area contributed by atoms with Gasteiger partial charge < -0.3 is 4.42 Å². The van der Waals surface area contributed by atoms with Crippen molar-refractivity contribution in [3.8, 4) is 56.7 Å². The first kappa shape index (κ1) is 20.8.